The summed E-state index contributed by atoms with van der Waals surface area (Å²) in [5, 5.41) is 0. The monoisotopic (exact) mass is 192 g/mol. The quantitative estimate of drug-likeness (QED) is 0.576. The van der Waals surface area contributed by atoms with E-state index in [-0.39, 0.29) is 0 Å². The topological polar surface area (TPSA) is 15.6 Å². The molecule has 2 aliphatic rings. The van der Waals surface area contributed by atoms with Crippen LogP contribution in [0.5, 0.6) is 0 Å². The van der Waals surface area contributed by atoms with Crippen LogP contribution < -0.4 is 0 Å². The van der Waals surface area contributed by atoms with Crippen LogP contribution in [0.25, 0.3) is 0 Å². The molecule has 1 saturated heterocycles. The summed E-state index contributed by atoms with van der Waals surface area (Å²) < 4.78 is 0. The van der Waals surface area contributed by atoms with Crippen LogP contribution in [0.3, 0.4) is 0 Å². The highest BCUT2D eigenvalue weighted by atomic mass is 15.2. The standard InChI is InChI=1S/C12H20N2/c1-11-9-13-10-14-8-6-4-2-3-5-7-12(11)14/h9-10,12H,2-8H2,1H3. The number of hydrogen-bond acceptors (Lipinski definition) is 2. The van der Waals surface area contributed by atoms with E-state index in [0.29, 0.717) is 6.04 Å². The molecule has 1 fully saturated rings. The minimum Gasteiger partial charge on any atom is -0.356 e. The first-order valence-corrected chi connectivity index (χ1v) is 5.83. The normalized spacial score (nSPS) is 28.5. The van der Waals surface area contributed by atoms with Gasteiger partial charge in [0.2, 0.25) is 0 Å². The molecular formula is C12H20N2. The van der Waals surface area contributed by atoms with Crippen molar-refractivity contribution in [1.29, 1.82) is 0 Å². The molecule has 0 aromatic carbocycles. The molecule has 0 spiro atoms. The van der Waals surface area contributed by atoms with Gasteiger partial charge in [0.15, 0.2) is 0 Å². The van der Waals surface area contributed by atoms with E-state index in [9.17, 15) is 0 Å². The Morgan fingerprint density at radius 1 is 1.21 bits per heavy atom. The molecule has 2 heterocycles. The van der Waals surface area contributed by atoms with E-state index < -0.39 is 0 Å². The van der Waals surface area contributed by atoms with Gasteiger partial charge in [-0.05, 0) is 25.3 Å². The Labute approximate surface area is 86.7 Å². The van der Waals surface area contributed by atoms with Crippen LogP contribution in [-0.2, 0) is 0 Å². The predicted octanol–water partition coefficient (Wildman–Crippen LogP) is 2.96. The molecule has 2 aliphatic heterocycles. The lowest BCUT2D eigenvalue weighted by Crippen LogP contribution is -2.37. The van der Waals surface area contributed by atoms with E-state index >= 15 is 0 Å². The summed E-state index contributed by atoms with van der Waals surface area (Å²) in [6.07, 6.45) is 12.3. The lowest BCUT2D eigenvalue weighted by Gasteiger charge is -2.32. The zero-order chi connectivity index (χ0) is 9.80. The van der Waals surface area contributed by atoms with Gasteiger partial charge in [-0.3, -0.25) is 0 Å². The minimum absolute atomic E-state index is 0.644. The van der Waals surface area contributed by atoms with Gasteiger partial charge in [0.25, 0.3) is 0 Å². The average molecular weight is 192 g/mol. The second-order valence-corrected chi connectivity index (χ2v) is 4.45. The Balaban J connectivity index is 2.05. The van der Waals surface area contributed by atoms with E-state index in [1.807, 2.05) is 12.5 Å². The molecule has 0 saturated carbocycles. The summed E-state index contributed by atoms with van der Waals surface area (Å²) >= 11 is 0. The molecule has 0 bridgehead atoms. The molecule has 2 heteroatoms. The summed E-state index contributed by atoms with van der Waals surface area (Å²) in [5.41, 5.74) is 1.44. The number of fused-ring (bicyclic) bond motifs is 1. The van der Waals surface area contributed by atoms with Gasteiger partial charge in [-0.25, -0.2) is 4.99 Å². The molecule has 0 N–H and O–H groups in total. The van der Waals surface area contributed by atoms with Crippen molar-refractivity contribution in [3.63, 3.8) is 0 Å². The van der Waals surface area contributed by atoms with Gasteiger partial charge in [0.1, 0.15) is 0 Å². The second-order valence-electron chi connectivity index (χ2n) is 4.45. The third-order valence-corrected chi connectivity index (χ3v) is 3.31. The van der Waals surface area contributed by atoms with Gasteiger partial charge in [-0.2, -0.15) is 0 Å². The highest BCUT2D eigenvalue weighted by molar-refractivity contribution is 5.59. The van der Waals surface area contributed by atoms with Crippen LogP contribution in [0.4, 0.5) is 0 Å². The molecular weight excluding hydrogens is 172 g/mol. The Morgan fingerprint density at radius 3 is 2.93 bits per heavy atom. The molecule has 0 aliphatic carbocycles. The summed E-state index contributed by atoms with van der Waals surface area (Å²) in [4.78, 5) is 6.72. The van der Waals surface area contributed by atoms with Crippen molar-refractivity contribution in [2.45, 2.75) is 51.5 Å². The van der Waals surface area contributed by atoms with Crippen molar-refractivity contribution in [3.05, 3.63) is 11.8 Å². The zero-order valence-corrected chi connectivity index (χ0v) is 9.08. The number of hydrogen-bond donors (Lipinski definition) is 0. The number of aliphatic imine (C=N–C) groups is 1. The van der Waals surface area contributed by atoms with Gasteiger partial charge in [0.05, 0.1) is 12.4 Å². The maximum Gasteiger partial charge on any atom is 0.0909 e. The summed E-state index contributed by atoms with van der Waals surface area (Å²) in [6, 6.07) is 0.644. The molecule has 1 atom stereocenters. The van der Waals surface area contributed by atoms with Gasteiger partial charge in [-0.15, -0.1) is 0 Å². The Kier molecular flexibility index (Phi) is 3.22. The minimum atomic E-state index is 0.644. The molecule has 2 nitrogen and oxygen atoms in total. The zero-order valence-electron chi connectivity index (χ0n) is 9.08. The highest BCUT2D eigenvalue weighted by Gasteiger charge is 2.20. The first-order chi connectivity index (χ1) is 6.88. The summed E-state index contributed by atoms with van der Waals surface area (Å²) in [5.74, 6) is 0. The molecule has 14 heavy (non-hydrogen) atoms. The molecule has 0 amide bonds. The SMILES string of the molecule is CC1=CN=CN2CCCCCCCC12. The second kappa shape index (κ2) is 4.63. The van der Waals surface area contributed by atoms with Gasteiger partial charge < -0.3 is 4.90 Å². The van der Waals surface area contributed by atoms with E-state index in [2.05, 4.69) is 16.8 Å². The van der Waals surface area contributed by atoms with Crippen molar-refractivity contribution in [3.8, 4) is 0 Å². The first kappa shape index (κ1) is 9.75. The van der Waals surface area contributed by atoms with Gasteiger partial charge in [-0.1, -0.05) is 25.7 Å². The van der Waals surface area contributed by atoms with Crippen LogP contribution in [0.1, 0.15) is 45.4 Å². The van der Waals surface area contributed by atoms with Crippen molar-refractivity contribution < 1.29 is 0 Å². The van der Waals surface area contributed by atoms with E-state index in [1.54, 1.807) is 0 Å². The molecule has 1 unspecified atom stereocenters. The van der Waals surface area contributed by atoms with Gasteiger partial charge >= 0.3 is 0 Å². The fraction of sp³-hybridized carbons (Fsp3) is 0.750. The van der Waals surface area contributed by atoms with Crippen molar-refractivity contribution in [2.75, 3.05) is 6.54 Å². The molecule has 2 rings (SSSR count). The Morgan fingerprint density at radius 2 is 2.00 bits per heavy atom. The van der Waals surface area contributed by atoms with Crippen molar-refractivity contribution >= 4 is 6.34 Å². The van der Waals surface area contributed by atoms with E-state index in [4.69, 9.17) is 0 Å². The fourth-order valence-electron chi connectivity index (χ4n) is 2.43. The first-order valence-electron chi connectivity index (χ1n) is 5.83. The molecule has 78 valence electrons. The Bertz CT molecular complexity index is 243. The van der Waals surface area contributed by atoms with Crippen molar-refractivity contribution in [1.82, 2.24) is 4.90 Å². The smallest absolute Gasteiger partial charge is 0.0909 e. The van der Waals surface area contributed by atoms with Crippen LogP contribution in [0, 0.1) is 0 Å². The number of nitrogens with zero attached hydrogens (tertiary/aromatic N) is 2. The maximum atomic E-state index is 4.28. The lowest BCUT2D eigenvalue weighted by atomic mass is 10.0. The molecule has 0 aromatic rings. The van der Waals surface area contributed by atoms with Crippen LogP contribution >= 0.6 is 0 Å². The Hall–Kier alpha value is -0.790. The highest BCUT2D eigenvalue weighted by Crippen LogP contribution is 2.22. The van der Waals surface area contributed by atoms with Gasteiger partial charge in [0, 0.05) is 12.7 Å². The average Bonchev–Trinajstić information content (AvgIpc) is 2.30. The predicted molar refractivity (Wildman–Crippen MR) is 60.4 cm³/mol. The number of rotatable bonds is 0. The third kappa shape index (κ3) is 2.17. The third-order valence-electron chi connectivity index (χ3n) is 3.31. The van der Waals surface area contributed by atoms with E-state index in [1.165, 1.54) is 50.6 Å². The molecule has 0 aromatic heterocycles. The van der Waals surface area contributed by atoms with Crippen LogP contribution in [0.2, 0.25) is 0 Å². The van der Waals surface area contributed by atoms with Crippen LogP contribution in [0.15, 0.2) is 16.8 Å². The summed E-state index contributed by atoms with van der Waals surface area (Å²) in [7, 11) is 0. The van der Waals surface area contributed by atoms with Crippen LogP contribution in [-0.4, -0.2) is 23.8 Å². The lowest BCUT2D eigenvalue weighted by molar-refractivity contribution is 0.331. The van der Waals surface area contributed by atoms with Crippen molar-refractivity contribution in [2.24, 2.45) is 4.99 Å². The summed E-state index contributed by atoms with van der Waals surface area (Å²) in [6.45, 7) is 3.41. The molecule has 0 radical (unpaired) electrons. The largest absolute Gasteiger partial charge is 0.356 e. The maximum absolute atomic E-state index is 4.28. The fourth-order valence-corrected chi connectivity index (χ4v) is 2.43. The van der Waals surface area contributed by atoms with E-state index in [0.717, 1.165) is 0 Å².